The molecule has 134 valence electrons. The van der Waals surface area contributed by atoms with Crippen molar-refractivity contribution in [3.05, 3.63) is 22.3 Å². The van der Waals surface area contributed by atoms with Gasteiger partial charge in [0, 0.05) is 11.5 Å². The van der Waals surface area contributed by atoms with E-state index in [1.165, 1.54) is 6.20 Å². The van der Waals surface area contributed by atoms with Crippen LogP contribution in [0, 0.1) is 0 Å². The first-order valence-electron chi connectivity index (χ1n) is 7.31. The lowest BCUT2D eigenvalue weighted by atomic mass is 10.2. The highest BCUT2D eigenvalue weighted by atomic mass is 79.9. The van der Waals surface area contributed by atoms with Crippen molar-refractivity contribution in [3.8, 4) is 0 Å². The first-order chi connectivity index (χ1) is 10.9. The topological polar surface area (TPSA) is 68.7 Å². The number of pyridine rings is 1. The van der Waals surface area contributed by atoms with Gasteiger partial charge in [0.15, 0.2) is 5.82 Å². The van der Waals surface area contributed by atoms with Crippen LogP contribution in [0.25, 0.3) is 0 Å². The number of imide groups is 1. The van der Waals surface area contributed by atoms with E-state index in [4.69, 9.17) is 9.47 Å². The zero-order valence-electron chi connectivity index (χ0n) is 14.6. The van der Waals surface area contributed by atoms with Crippen LogP contribution in [0.1, 0.15) is 47.1 Å². The van der Waals surface area contributed by atoms with Crippen molar-refractivity contribution in [1.29, 1.82) is 0 Å². The van der Waals surface area contributed by atoms with Gasteiger partial charge in [-0.2, -0.15) is 4.90 Å². The molecule has 0 aliphatic heterocycles. The van der Waals surface area contributed by atoms with Crippen LogP contribution in [0.2, 0.25) is 0 Å². The maximum absolute atomic E-state index is 12.6. The van der Waals surface area contributed by atoms with Crippen LogP contribution in [-0.4, -0.2) is 28.4 Å². The molecule has 0 atom stereocenters. The Bertz CT molecular complexity index is 593. The van der Waals surface area contributed by atoms with E-state index in [9.17, 15) is 9.59 Å². The van der Waals surface area contributed by atoms with Gasteiger partial charge in [-0.1, -0.05) is 15.9 Å². The molecule has 0 unspecified atom stereocenters. The molecule has 0 saturated carbocycles. The summed E-state index contributed by atoms with van der Waals surface area (Å²) in [6, 6.07) is 1.77. The van der Waals surface area contributed by atoms with E-state index in [0.717, 1.165) is 10.5 Å². The van der Waals surface area contributed by atoms with E-state index >= 15 is 0 Å². The number of hydrogen-bond acceptors (Lipinski definition) is 5. The van der Waals surface area contributed by atoms with Crippen LogP contribution < -0.4 is 4.90 Å². The molecular formula is C16H22Br2N2O4. The van der Waals surface area contributed by atoms with Gasteiger partial charge in [-0.25, -0.2) is 14.6 Å². The fourth-order valence-electron chi connectivity index (χ4n) is 1.59. The van der Waals surface area contributed by atoms with Gasteiger partial charge in [0.05, 0.1) is 4.47 Å². The number of carbonyl (C=O) groups excluding carboxylic acids is 2. The summed E-state index contributed by atoms with van der Waals surface area (Å²) in [7, 11) is 0. The summed E-state index contributed by atoms with van der Waals surface area (Å²) in [6.07, 6.45) is -0.188. The summed E-state index contributed by atoms with van der Waals surface area (Å²) in [5.41, 5.74) is -0.703. The van der Waals surface area contributed by atoms with Crippen molar-refractivity contribution in [2.75, 3.05) is 4.90 Å². The van der Waals surface area contributed by atoms with Crippen LogP contribution in [0.4, 0.5) is 15.4 Å². The van der Waals surface area contributed by atoms with Crippen LogP contribution >= 0.6 is 31.9 Å². The number of rotatable bonds is 2. The molecular weight excluding hydrogens is 444 g/mol. The smallest absolute Gasteiger partial charge is 0.425 e. The monoisotopic (exact) mass is 464 g/mol. The Labute approximate surface area is 159 Å². The summed E-state index contributed by atoms with van der Waals surface area (Å²) >= 11 is 6.74. The van der Waals surface area contributed by atoms with Gasteiger partial charge < -0.3 is 9.47 Å². The molecule has 0 aromatic carbocycles. The lowest BCUT2D eigenvalue weighted by Crippen LogP contribution is -2.44. The van der Waals surface area contributed by atoms with Crippen molar-refractivity contribution in [2.45, 2.75) is 58.1 Å². The molecule has 8 heteroatoms. The maximum Gasteiger partial charge on any atom is 0.425 e. The summed E-state index contributed by atoms with van der Waals surface area (Å²) < 4.78 is 11.2. The van der Waals surface area contributed by atoms with Crippen molar-refractivity contribution >= 4 is 49.9 Å². The molecule has 0 bridgehead atoms. The Hall–Kier alpha value is -1.15. The highest BCUT2D eigenvalue weighted by Crippen LogP contribution is 2.31. The third-order valence-corrected chi connectivity index (χ3v) is 3.93. The Morgan fingerprint density at radius 1 is 1.08 bits per heavy atom. The van der Waals surface area contributed by atoms with E-state index in [1.54, 1.807) is 47.6 Å². The number of alkyl halides is 1. The second-order valence-electron chi connectivity index (χ2n) is 7.04. The molecule has 0 aliphatic rings. The molecule has 0 radical (unpaired) electrons. The SMILES string of the molecule is CC(C)(C)OC(=O)N(C(=O)OC(C)(C)C)c1nccc(CBr)c1Br. The van der Waals surface area contributed by atoms with Gasteiger partial charge in [0.1, 0.15) is 11.2 Å². The number of carbonyl (C=O) groups is 2. The molecule has 1 heterocycles. The highest BCUT2D eigenvalue weighted by molar-refractivity contribution is 9.11. The Kier molecular flexibility index (Phi) is 6.81. The first kappa shape index (κ1) is 20.9. The van der Waals surface area contributed by atoms with E-state index in [-0.39, 0.29) is 5.82 Å². The molecule has 0 fully saturated rings. The van der Waals surface area contributed by atoms with Gasteiger partial charge in [0.25, 0.3) is 0 Å². The number of halogens is 2. The fraction of sp³-hybridized carbons (Fsp3) is 0.562. The fourth-order valence-corrected chi connectivity index (χ4v) is 2.99. The van der Waals surface area contributed by atoms with Crippen LogP contribution in [0.3, 0.4) is 0 Å². The van der Waals surface area contributed by atoms with Crippen LogP contribution in [-0.2, 0) is 14.8 Å². The van der Waals surface area contributed by atoms with E-state index in [0.29, 0.717) is 9.80 Å². The Morgan fingerprint density at radius 3 is 1.92 bits per heavy atom. The zero-order chi connectivity index (χ0) is 18.7. The summed E-state index contributed by atoms with van der Waals surface area (Å²) in [4.78, 5) is 30.1. The average molecular weight is 466 g/mol. The molecule has 0 N–H and O–H groups in total. The van der Waals surface area contributed by atoms with Crippen molar-refractivity contribution in [1.82, 2.24) is 4.98 Å². The quantitative estimate of drug-likeness (QED) is 0.545. The molecule has 0 saturated heterocycles. The molecule has 0 spiro atoms. The van der Waals surface area contributed by atoms with Crippen molar-refractivity contribution < 1.29 is 19.1 Å². The second-order valence-corrected chi connectivity index (χ2v) is 8.39. The third kappa shape index (κ3) is 6.05. The number of anilines is 1. The summed E-state index contributed by atoms with van der Waals surface area (Å²) in [5.74, 6) is 0.121. The lowest BCUT2D eigenvalue weighted by molar-refractivity contribution is 0.0429. The van der Waals surface area contributed by atoms with E-state index < -0.39 is 23.4 Å². The maximum atomic E-state index is 12.6. The lowest BCUT2D eigenvalue weighted by Gasteiger charge is -2.28. The van der Waals surface area contributed by atoms with Gasteiger partial charge in [-0.05, 0) is 69.1 Å². The number of amides is 2. The first-order valence-corrected chi connectivity index (χ1v) is 9.22. The van der Waals surface area contributed by atoms with Gasteiger partial charge in [0.2, 0.25) is 0 Å². The van der Waals surface area contributed by atoms with Crippen molar-refractivity contribution in [2.24, 2.45) is 0 Å². The van der Waals surface area contributed by atoms with E-state index in [1.807, 2.05) is 0 Å². The minimum atomic E-state index is -0.850. The molecule has 1 rings (SSSR count). The highest BCUT2D eigenvalue weighted by Gasteiger charge is 2.35. The standard InChI is InChI=1S/C16H22Br2N2O4/c1-15(2,3)23-13(21)20(14(22)24-16(4,5)6)12-11(18)10(9-17)7-8-19-12/h7-8H,9H2,1-6H3. The predicted octanol–water partition coefficient (Wildman–Crippen LogP) is 5.42. The third-order valence-electron chi connectivity index (χ3n) is 2.46. The minimum absolute atomic E-state index is 0.121. The second kappa shape index (κ2) is 7.82. The van der Waals surface area contributed by atoms with Crippen LogP contribution in [0.15, 0.2) is 16.7 Å². The summed E-state index contributed by atoms with van der Waals surface area (Å²) in [5, 5.41) is 0.527. The van der Waals surface area contributed by atoms with Gasteiger partial charge in [-0.15, -0.1) is 0 Å². The molecule has 1 aromatic rings. The Balaban J connectivity index is 3.33. The molecule has 2 amide bonds. The predicted molar refractivity (Wildman–Crippen MR) is 99.5 cm³/mol. The van der Waals surface area contributed by atoms with Crippen molar-refractivity contribution in [3.63, 3.8) is 0 Å². The zero-order valence-corrected chi connectivity index (χ0v) is 17.8. The van der Waals surface area contributed by atoms with Gasteiger partial charge in [-0.3, -0.25) is 0 Å². The number of hydrogen-bond donors (Lipinski definition) is 0. The molecule has 1 aromatic heterocycles. The average Bonchev–Trinajstić information content (AvgIpc) is 2.36. The number of ether oxygens (including phenoxy) is 2. The van der Waals surface area contributed by atoms with Crippen LogP contribution in [0.5, 0.6) is 0 Å². The minimum Gasteiger partial charge on any atom is -0.443 e. The van der Waals surface area contributed by atoms with Gasteiger partial charge >= 0.3 is 12.2 Å². The molecule has 0 aliphatic carbocycles. The normalized spacial score (nSPS) is 11.8. The largest absolute Gasteiger partial charge is 0.443 e. The van der Waals surface area contributed by atoms with E-state index in [2.05, 4.69) is 36.8 Å². The molecule has 6 nitrogen and oxygen atoms in total. The Morgan fingerprint density at radius 2 is 1.54 bits per heavy atom. The number of nitrogens with zero attached hydrogens (tertiary/aromatic N) is 2. The summed E-state index contributed by atoms with van der Waals surface area (Å²) in [6.45, 7) is 10.3. The number of aromatic nitrogens is 1. The molecule has 24 heavy (non-hydrogen) atoms.